The number of carbonyl (C=O) groups is 1. The second-order valence-electron chi connectivity index (χ2n) is 4.36. The van der Waals surface area contributed by atoms with E-state index in [1.807, 2.05) is 6.92 Å². The second kappa shape index (κ2) is 5.85. The van der Waals surface area contributed by atoms with Crippen LogP contribution in [0.25, 0.3) is 0 Å². The lowest BCUT2D eigenvalue weighted by Gasteiger charge is -2.11. The Morgan fingerprint density at radius 1 is 1.24 bits per heavy atom. The number of aryl methyl sites for hydroxylation is 1. The largest absolute Gasteiger partial charge is 0.416 e. The summed E-state index contributed by atoms with van der Waals surface area (Å²) < 4.78 is 38.3. The van der Waals surface area contributed by atoms with Gasteiger partial charge in [0.15, 0.2) is 0 Å². The number of carbonyl (C=O) groups excluding carboxylic acids is 1. The Kier molecular flexibility index (Phi) is 4.32. The average molecular weight is 359 g/mol. The average Bonchev–Trinajstić information content (AvgIpc) is 2.37. The molecule has 110 valence electrons. The predicted molar refractivity (Wildman–Crippen MR) is 76.1 cm³/mol. The van der Waals surface area contributed by atoms with Crippen molar-refractivity contribution in [1.82, 2.24) is 4.98 Å². The number of pyridine rings is 1. The number of nitrogens with zero attached hydrogens (tertiary/aromatic N) is 1. The van der Waals surface area contributed by atoms with Crippen LogP contribution < -0.4 is 5.32 Å². The van der Waals surface area contributed by atoms with Crippen LogP contribution in [0.3, 0.4) is 0 Å². The lowest BCUT2D eigenvalue weighted by Crippen LogP contribution is -2.15. The molecule has 21 heavy (non-hydrogen) atoms. The lowest BCUT2D eigenvalue weighted by molar-refractivity contribution is -0.137. The topological polar surface area (TPSA) is 42.0 Å². The van der Waals surface area contributed by atoms with Crippen molar-refractivity contribution in [3.05, 3.63) is 57.7 Å². The van der Waals surface area contributed by atoms with Crippen LogP contribution in [0.1, 0.15) is 21.5 Å². The molecule has 0 saturated heterocycles. The molecule has 0 saturated carbocycles. The van der Waals surface area contributed by atoms with Crippen LogP contribution >= 0.6 is 15.9 Å². The highest BCUT2D eigenvalue weighted by Crippen LogP contribution is 2.32. The maximum absolute atomic E-state index is 12.7. The van der Waals surface area contributed by atoms with E-state index in [-0.39, 0.29) is 15.9 Å². The third kappa shape index (κ3) is 3.81. The summed E-state index contributed by atoms with van der Waals surface area (Å²) in [5, 5.41) is 2.47. The zero-order valence-corrected chi connectivity index (χ0v) is 12.4. The fraction of sp³-hybridized carbons (Fsp3) is 0.143. The summed E-state index contributed by atoms with van der Waals surface area (Å²) in [5.74, 6) is -0.379. The Morgan fingerprint density at radius 3 is 2.57 bits per heavy atom. The third-order valence-electron chi connectivity index (χ3n) is 2.70. The van der Waals surface area contributed by atoms with Gasteiger partial charge in [-0.05, 0) is 58.7 Å². The van der Waals surface area contributed by atoms with E-state index in [0.29, 0.717) is 0 Å². The van der Waals surface area contributed by atoms with Crippen molar-refractivity contribution < 1.29 is 18.0 Å². The molecule has 1 aromatic heterocycles. The first-order valence-electron chi connectivity index (χ1n) is 5.88. The molecular formula is C14H10BrF3N2O. The fourth-order valence-electron chi connectivity index (χ4n) is 1.66. The van der Waals surface area contributed by atoms with E-state index in [9.17, 15) is 18.0 Å². The molecule has 3 nitrogen and oxygen atoms in total. The molecule has 0 bridgehead atoms. The Labute approximate surface area is 127 Å². The van der Waals surface area contributed by atoms with Crippen molar-refractivity contribution >= 4 is 27.7 Å². The van der Waals surface area contributed by atoms with Gasteiger partial charge in [-0.25, -0.2) is 4.98 Å². The highest BCUT2D eigenvalue weighted by molar-refractivity contribution is 9.10. The quantitative estimate of drug-likeness (QED) is 0.862. The molecule has 0 spiro atoms. The van der Waals surface area contributed by atoms with Gasteiger partial charge in [0.2, 0.25) is 0 Å². The molecule has 0 aliphatic rings. The molecular weight excluding hydrogens is 349 g/mol. The van der Waals surface area contributed by atoms with Crippen molar-refractivity contribution in [1.29, 1.82) is 0 Å². The van der Waals surface area contributed by atoms with Crippen LogP contribution in [0, 0.1) is 6.92 Å². The standard InChI is InChI=1S/C14H10BrF3N2O/c1-8-4-5-19-12(6-8)20-13(21)10-7-9(14(16,17)18)2-3-11(10)15/h2-7H,1H3,(H,19,20,21). The van der Waals surface area contributed by atoms with E-state index in [4.69, 9.17) is 0 Å². The van der Waals surface area contributed by atoms with Crippen molar-refractivity contribution in [2.24, 2.45) is 0 Å². The zero-order chi connectivity index (χ0) is 15.6. The molecule has 0 atom stereocenters. The number of hydrogen-bond donors (Lipinski definition) is 1. The van der Waals surface area contributed by atoms with Gasteiger partial charge >= 0.3 is 6.18 Å². The van der Waals surface area contributed by atoms with Crippen LogP contribution in [0.15, 0.2) is 41.0 Å². The number of alkyl halides is 3. The SMILES string of the molecule is Cc1ccnc(NC(=O)c2cc(C(F)(F)F)ccc2Br)c1. The van der Waals surface area contributed by atoms with Crippen LogP contribution in [-0.4, -0.2) is 10.9 Å². The maximum atomic E-state index is 12.7. The van der Waals surface area contributed by atoms with E-state index in [2.05, 4.69) is 26.2 Å². The van der Waals surface area contributed by atoms with Crippen molar-refractivity contribution in [2.75, 3.05) is 5.32 Å². The van der Waals surface area contributed by atoms with E-state index in [0.717, 1.165) is 17.7 Å². The maximum Gasteiger partial charge on any atom is 0.416 e. The first kappa shape index (κ1) is 15.5. The van der Waals surface area contributed by atoms with Crippen LogP contribution in [-0.2, 0) is 6.18 Å². The van der Waals surface area contributed by atoms with E-state index in [1.54, 1.807) is 12.1 Å². The van der Waals surface area contributed by atoms with Gasteiger partial charge in [-0.1, -0.05) is 0 Å². The van der Waals surface area contributed by atoms with Gasteiger partial charge in [0.05, 0.1) is 11.1 Å². The summed E-state index contributed by atoms with van der Waals surface area (Å²) in [7, 11) is 0. The number of halogens is 4. The summed E-state index contributed by atoms with van der Waals surface area (Å²) in [4.78, 5) is 16.0. The molecule has 2 rings (SSSR count). The highest BCUT2D eigenvalue weighted by atomic mass is 79.9. The molecule has 0 aliphatic carbocycles. The van der Waals surface area contributed by atoms with Gasteiger partial charge in [0.25, 0.3) is 5.91 Å². The summed E-state index contributed by atoms with van der Waals surface area (Å²) in [6.45, 7) is 1.82. The molecule has 0 radical (unpaired) electrons. The van der Waals surface area contributed by atoms with Gasteiger partial charge < -0.3 is 5.32 Å². The molecule has 1 heterocycles. The Hall–Kier alpha value is -1.89. The minimum absolute atomic E-state index is 0.104. The summed E-state index contributed by atoms with van der Waals surface area (Å²) in [6.07, 6.45) is -3.00. The van der Waals surface area contributed by atoms with Crippen LogP contribution in [0.2, 0.25) is 0 Å². The van der Waals surface area contributed by atoms with Gasteiger partial charge in [-0.3, -0.25) is 4.79 Å². The molecule has 1 amide bonds. The van der Waals surface area contributed by atoms with Crippen molar-refractivity contribution in [3.63, 3.8) is 0 Å². The molecule has 2 aromatic rings. The molecule has 1 N–H and O–H groups in total. The molecule has 1 aromatic carbocycles. The van der Waals surface area contributed by atoms with Crippen molar-refractivity contribution in [3.8, 4) is 0 Å². The number of rotatable bonds is 2. The predicted octanol–water partition coefficient (Wildman–Crippen LogP) is 4.42. The van der Waals surface area contributed by atoms with Crippen LogP contribution in [0.4, 0.5) is 19.0 Å². The monoisotopic (exact) mass is 358 g/mol. The minimum atomic E-state index is -4.50. The second-order valence-corrected chi connectivity index (χ2v) is 5.22. The van der Waals surface area contributed by atoms with E-state index >= 15 is 0 Å². The highest BCUT2D eigenvalue weighted by Gasteiger charge is 2.31. The van der Waals surface area contributed by atoms with Gasteiger partial charge in [0, 0.05) is 10.7 Å². The molecule has 0 aliphatic heterocycles. The third-order valence-corrected chi connectivity index (χ3v) is 3.39. The smallest absolute Gasteiger partial charge is 0.307 e. The summed E-state index contributed by atoms with van der Waals surface area (Å²) in [6, 6.07) is 6.28. The Balaban J connectivity index is 2.31. The van der Waals surface area contributed by atoms with E-state index < -0.39 is 17.6 Å². The number of hydrogen-bond acceptors (Lipinski definition) is 2. The summed E-state index contributed by atoms with van der Waals surface area (Å²) in [5.41, 5.74) is -0.107. The van der Waals surface area contributed by atoms with Crippen LogP contribution in [0.5, 0.6) is 0 Å². The number of benzene rings is 1. The normalized spacial score (nSPS) is 11.3. The van der Waals surface area contributed by atoms with Gasteiger partial charge in [-0.2, -0.15) is 13.2 Å². The minimum Gasteiger partial charge on any atom is -0.307 e. The molecule has 0 unspecified atom stereocenters. The van der Waals surface area contributed by atoms with Gasteiger partial charge in [0.1, 0.15) is 5.82 Å². The first-order valence-corrected chi connectivity index (χ1v) is 6.67. The van der Waals surface area contributed by atoms with E-state index in [1.165, 1.54) is 12.3 Å². The number of nitrogens with one attached hydrogen (secondary N) is 1. The number of anilines is 1. The number of amides is 1. The first-order chi connectivity index (χ1) is 9.77. The molecule has 7 heteroatoms. The zero-order valence-electron chi connectivity index (χ0n) is 10.8. The Bertz CT molecular complexity index is 686. The van der Waals surface area contributed by atoms with Gasteiger partial charge in [-0.15, -0.1) is 0 Å². The molecule has 0 fully saturated rings. The fourth-order valence-corrected chi connectivity index (χ4v) is 2.09. The van der Waals surface area contributed by atoms with Crippen molar-refractivity contribution in [2.45, 2.75) is 13.1 Å². The Morgan fingerprint density at radius 2 is 1.95 bits per heavy atom. The summed E-state index contributed by atoms with van der Waals surface area (Å²) >= 11 is 3.08. The number of aromatic nitrogens is 1. The lowest BCUT2D eigenvalue weighted by atomic mass is 10.1.